The molecule has 3 aromatic rings. The summed E-state index contributed by atoms with van der Waals surface area (Å²) in [6.45, 7) is -0.117. The Kier molecular flexibility index (Phi) is 6.73. The molecule has 0 aromatic heterocycles. The van der Waals surface area contributed by atoms with Crippen molar-refractivity contribution in [3.63, 3.8) is 0 Å². The fourth-order valence-electron chi connectivity index (χ4n) is 2.41. The molecule has 0 unspecified atom stereocenters. The number of hydrogen-bond acceptors (Lipinski definition) is 6. The third-order valence-electron chi connectivity index (χ3n) is 3.87. The molecule has 0 heterocycles. The Bertz CT molecular complexity index is 965. The fraction of sp³-hybridized carbons (Fsp3) is 0.0870. The number of hydrogen-bond donors (Lipinski definition) is 0. The highest BCUT2D eigenvalue weighted by atomic mass is 16.6. The van der Waals surface area contributed by atoms with Gasteiger partial charge in [-0.05, 0) is 48.5 Å². The van der Waals surface area contributed by atoms with Gasteiger partial charge in [-0.3, -0.25) is 0 Å². The smallest absolute Gasteiger partial charge is 0.343 e. The van der Waals surface area contributed by atoms with Crippen LogP contribution in [-0.4, -0.2) is 31.1 Å². The Morgan fingerprint density at radius 2 is 0.931 bits per heavy atom. The molecule has 0 spiro atoms. The van der Waals surface area contributed by atoms with E-state index in [2.05, 4.69) is 0 Å². The highest BCUT2D eigenvalue weighted by Crippen LogP contribution is 2.15. The maximum absolute atomic E-state index is 12.0. The van der Waals surface area contributed by atoms with Crippen molar-refractivity contribution in [3.8, 4) is 5.75 Å². The maximum Gasteiger partial charge on any atom is 0.343 e. The normalized spacial score (nSPS) is 10.1. The van der Waals surface area contributed by atoms with Crippen molar-refractivity contribution < 1.29 is 28.6 Å². The minimum Gasteiger partial charge on any atom is -0.458 e. The van der Waals surface area contributed by atoms with Crippen molar-refractivity contribution in [1.82, 2.24) is 0 Å². The van der Waals surface area contributed by atoms with E-state index in [1.54, 1.807) is 60.7 Å². The van der Waals surface area contributed by atoms with Gasteiger partial charge in [-0.25, -0.2) is 14.4 Å². The summed E-state index contributed by atoms with van der Waals surface area (Å²) in [4.78, 5) is 35.8. The number of esters is 3. The van der Waals surface area contributed by atoms with Crippen LogP contribution in [0.15, 0.2) is 84.9 Å². The molecule has 0 N–H and O–H groups in total. The van der Waals surface area contributed by atoms with Crippen LogP contribution in [0.5, 0.6) is 5.75 Å². The van der Waals surface area contributed by atoms with Crippen molar-refractivity contribution >= 4 is 17.9 Å². The average molecular weight is 390 g/mol. The van der Waals surface area contributed by atoms with E-state index in [9.17, 15) is 14.4 Å². The van der Waals surface area contributed by atoms with Gasteiger partial charge < -0.3 is 14.2 Å². The van der Waals surface area contributed by atoms with Gasteiger partial charge >= 0.3 is 17.9 Å². The van der Waals surface area contributed by atoms with Crippen LogP contribution in [0.25, 0.3) is 0 Å². The standard InChI is InChI=1S/C23H18O6/c24-21(17-7-3-1-4-8-17)27-15-16-28-22(25)19-11-13-20(14-12-19)29-23(26)18-9-5-2-6-10-18/h1-14H,15-16H2. The largest absolute Gasteiger partial charge is 0.458 e. The minimum atomic E-state index is -0.568. The first-order chi connectivity index (χ1) is 14.1. The number of rotatable bonds is 7. The second-order valence-corrected chi connectivity index (χ2v) is 5.92. The van der Waals surface area contributed by atoms with Crippen molar-refractivity contribution in [2.75, 3.05) is 13.2 Å². The lowest BCUT2D eigenvalue weighted by atomic mass is 10.2. The van der Waals surface area contributed by atoms with E-state index in [4.69, 9.17) is 14.2 Å². The Labute approximate surface area is 167 Å². The lowest BCUT2D eigenvalue weighted by Crippen LogP contribution is -2.14. The molecular formula is C23H18O6. The van der Waals surface area contributed by atoms with Crippen LogP contribution in [-0.2, 0) is 9.47 Å². The predicted molar refractivity (Wildman–Crippen MR) is 105 cm³/mol. The number of benzene rings is 3. The quantitative estimate of drug-likeness (QED) is 0.346. The van der Waals surface area contributed by atoms with Crippen LogP contribution in [0, 0.1) is 0 Å². The minimum absolute atomic E-state index is 0.0494. The van der Waals surface area contributed by atoms with Crippen molar-refractivity contribution in [3.05, 3.63) is 102 Å². The summed E-state index contributed by atoms with van der Waals surface area (Å²) >= 11 is 0. The zero-order valence-corrected chi connectivity index (χ0v) is 15.4. The first kappa shape index (κ1) is 19.8. The summed E-state index contributed by atoms with van der Waals surface area (Å²) in [7, 11) is 0. The maximum atomic E-state index is 12.0. The third-order valence-corrected chi connectivity index (χ3v) is 3.87. The van der Waals surface area contributed by atoms with Gasteiger partial charge in [-0.1, -0.05) is 36.4 Å². The molecule has 0 radical (unpaired) electrons. The molecule has 3 aromatic carbocycles. The van der Waals surface area contributed by atoms with Gasteiger partial charge in [0.25, 0.3) is 0 Å². The van der Waals surface area contributed by atoms with Crippen LogP contribution in [0.4, 0.5) is 0 Å². The number of carbonyl (C=O) groups excluding carboxylic acids is 3. The predicted octanol–water partition coefficient (Wildman–Crippen LogP) is 3.92. The Hall–Kier alpha value is -3.93. The molecule has 0 bridgehead atoms. The Morgan fingerprint density at radius 3 is 1.41 bits per heavy atom. The van der Waals surface area contributed by atoms with Crippen LogP contribution in [0.1, 0.15) is 31.1 Å². The van der Waals surface area contributed by atoms with Crippen molar-refractivity contribution in [2.24, 2.45) is 0 Å². The van der Waals surface area contributed by atoms with E-state index in [1.165, 1.54) is 24.3 Å². The first-order valence-electron chi connectivity index (χ1n) is 8.90. The molecule has 6 heteroatoms. The van der Waals surface area contributed by atoms with Gasteiger partial charge in [0.2, 0.25) is 0 Å². The Balaban J connectivity index is 1.44. The summed E-state index contributed by atoms with van der Waals surface area (Å²) < 4.78 is 15.4. The van der Waals surface area contributed by atoms with Crippen LogP contribution in [0.2, 0.25) is 0 Å². The van der Waals surface area contributed by atoms with Gasteiger partial charge in [0.15, 0.2) is 0 Å². The van der Waals surface area contributed by atoms with E-state index in [0.717, 1.165) is 0 Å². The zero-order valence-electron chi connectivity index (χ0n) is 15.4. The van der Waals surface area contributed by atoms with E-state index < -0.39 is 17.9 Å². The molecule has 6 nitrogen and oxygen atoms in total. The van der Waals surface area contributed by atoms with Crippen LogP contribution in [0.3, 0.4) is 0 Å². The topological polar surface area (TPSA) is 78.9 Å². The van der Waals surface area contributed by atoms with Gasteiger partial charge in [0.05, 0.1) is 16.7 Å². The highest BCUT2D eigenvalue weighted by Gasteiger charge is 2.11. The lowest BCUT2D eigenvalue weighted by molar-refractivity contribution is 0.0265. The Morgan fingerprint density at radius 1 is 0.517 bits per heavy atom. The molecule has 0 saturated carbocycles. The SMILES string of the molecule is O=C(OCCOC(=O)c1ccc(OC(=O)c2ccccc2)cc1)c1ccccc1. The molecule has 29 heavy (non-hydrogen) atoms. The lowest BCUT2D eigenvalue weighted by Gasteiger charge is -2.07. The van der Waals surface area contributed by atoms with Gasteiger partial charge in [-0.2, -0.15) is 0 Å². The van der Waals surface area contributed by atoms with Gasteiger partial charge in [0.1, 0.15) is 19.0 Å². The summed E-state index contributed by atoms with van der Waals surface area (Å²) in [6.07, 6.45) is 0. The van der Waals surface area contributed by atoms with E-state index >= 15 is 0 Å². The van der Waals surface area contributed by atoms with E-state index in [-0.39, 0.29) is 13.2 Å². The highest BCUT2D eigenvalue weighted by molar-refractivity contribution is 5.92. The molecule has 0 aliphatic heterocycles. The van der Waals surface area contributed by atoms with Crippen LogP contribution < -0.4 is 4.74 Å². The molecule has 0 aliphatic rings. The zero-order chi connectivity index (χ0) is 20.5. The van der Waals surface area contributed by atoms with Crippen molar-refractivity contribution in [1.29, 1.82) is 0 Å². The monoisotopic (exact) mass is 390 g/mol. The molecule has 146 valence electrons. The summed E-state index contributed by atoms with van der Waals surface area (Å²) in [5.74, 6) is -1.22. The van der Waals surface area contributed by atoms with Crippen molar-refractivity contribution in [2.45, 2.75) is 0 Å². The van der Waals surface area contributed by atoms with E-state index in [1.807, 2.05) is 0 Å². The fourth-order valence-corrected chi connectivity index (χ4v) is 2.41. The first-order valence-corrected chi connectivity index (χ1v) is 8.90. The van der Waals surface area contributed by atoms with Gasteiger partial charge in [0, 0.05) is 0 Å². The molecule has 0 aliphatic carbocycles. The number of ether oxygens (including phenoxy) is 3. The molecular weight excluding hydrogens is 372 g/mol. The molecule has 0 amide bonds. The second-order valence-electron chi connectivity index (χ2n) is 5.92. The number of carbonyl (C=O) groups is 3. The summed E-state index contributed by atoms with van der Waals surface area (Å²) in [5, 5.41) is 0. The molecule has 3 rings (SSSR count). The average Bonchev–Trinajstić information content (AvgIpc) is 2.78. The van der Waals surface area contributed by atoms with Gasteiger partial charge in [-0.15, -0.1) is 0 Å². The molecule has 0 fully saturated rings. The van der Waals surface area contributed by atoms with E-state index in [0.29, 0.717) is 22.4 Å². The third kappa shape index (κ3) is 5.77. The van der Waals surface area contributed by atoms with Crippen LogP contribution >= 0.6 is 0 Å². The summed E-state index contributed by atoms with van der Waals surface area (Å²) in [6, 6.07) is 23.1. The molecule has 0 atom stereocenters. The summed E-state index contributed by atoms with van der Waals surface area (Å²) in [5.41, 5.74) is 1.15. The second kappa shape index (κ2) is 9.85. The molecule has 0 saturated heterocycles.